The van der Waals surface area contributed by atoms with Crippen LogP contribution in [0.25, 0.3) is 16.7 Å². The summed E-state index contributed by atoms with van der Waals surface area (Å²) in [6.45, 7) is 10.5. The fourth-order valence-corrected chi connectivity index (χ4v) is 3.73. The van der Waals surface area contributed by atoms with Gasteiger partial charge in [-0.2, -0.15) is 5.10 Å². The number of para-hydroxylation sites is 1. The maximum Gasteiger partial charge on any atom is 0.311 e. The normalized spacial score (nSPS) is 16.7. The van der Waals surface area contributed by atoms with Gasteiger partial charge in [0.1, 0.15) is 5.75 Å². The second kappa shape index (κ2) is 5.91. The van der Waals surface area contributed by atoms with E-state index in [0.29, 0.717) is 12.2 Å². The number of ether oxygens (including phenoxy) is 1. The first-order valence-corrected chi connectivity index (χ1v) is 9.33. The number of hydrogen-bond donors (Lipinski definition) is 0. The maximum absolute atomic E-state index is 12.5. The monoisotopic (exact) mass is 363 g/mol. The first-order valence-electron chi connectivity index (χ1n) is 9.33. The Morgan fingerprint density at radius 3 is 2.48 bits per heavy atom. The van der Waals surface area contributed by atoms with Crippen LogP contribution < -0.4 is 4.74 Å². The van der Waals surface area contributed by atoms with Crippen LogP contribution in [-0.2, 0) is 16.6 Å². The predicted octanol–water partition coefficient (Wildman–Crippen LogP) is 4.60. The smallest absolute Gasteiger partial charge is 0.311 e. The van der Waals surface area contributed by atoms with E-state index in [1.165, 1.54) is 0 Å². The van der Waals surface area contributed by atoms with Gasteiger partial charge >= 0.3 is 5.97 Å². The van der Waals surface area contributed by atoms with Gasteiger partial charge < -0.3 is 4.74 Å². The van der Waals surface area contributed by atoms with E-state index in [0.717, 1.165) is 34.4 Å². The number of nitrogens with zero attached hydrogens (tertiary/aromatic N) is 3. The highest BCUT2D eigenvalue weighted by atomic mass is 16.5. The molecule has 0 fully saturated rings. The van der Waals surface area contributed by atoms with Crippen LogP contribution in [-0.4, -0.2) is 20.7 Å². The summed E-state index contributed by atoms with van der Waals surface area (Å²) in [4.78, 5) is 17.2. The van der Waals surface area contributed by atoms with Crippen LogP contribution in [0.1, 0.15) is 52.3 Å². The Morgan fingerprint density at radius 1 is 1.11 bits per heavy atom. The van der Waals surface area contributed by atoms with E-state index in [1.54, 1.807) is 0 Å². The molecule has 3 heterocycles. The molecule has 0 saturated carbocycles. The molecule has 1 aliphatic rings. The van der Waals surface area contributed by atoms with Gasteiger partial charge in [0.25, 0.3) is 0 Å². The number of esters is 1. The molecule has 4 rings (SSSR count). The van der Waals surface area contributed by atoms with Gasteiger partial charge in [0.15, 0.2) is 5.65 Å². The largest absolute Gasteiger partial charge is 0.425 e. The molecular formula is C22H25N3O2. The average molecular weight is 363 g/mol. The Bertz CT molecular complexity index is 1030. The zero-order valence-electron chi connectivity index (χ0n) is 16.5. The SMILES string of the molecule is CC1(C)CC(=O)Oc2c(cnc3c2c(C(C)(C)C)nn3-c2ccccc2)C1. The molecule has 2 aromatic heterocycles. The van der Waals surface area contributed by atoms with E-state index in [-0.39, 0.29) is 16.8 Å². The quantitative estimate of drug-likeness (QED) is 0.593. The molecule has 0 aliphatic carbocycles. The van der Waals surface area contributed by atoms with Crippen molar-refractivity contribution in [2.45, 2.75) is 52.9 Å². The number of fused-ring (bicyclic) bond motifs is 3. The van der Waals surface area contributed by atoms with Crippen molar-refractivity contribution < 1.29 is 9.53 Å². The molecule has 0 N–H and O–H groups in total. The van der Waals surface area contributed by atoms with Crippen LogP contribution in [0.15, 0.2) is 36.5 Å². The predicted molar refractivity (Wildman–Crippen MR) is 105 cm³/mol. The topological polar surface area (TPSA) is 57.0 Å². The number of rotatable bonds is 1. The molecular weight excluding hydrogens is 338 g/mol. The molecule has 0 atom stereocenters. The van der Waals surface area contributed by atoms with Crippen LogP contribution in [0, 0.1) is 5.41 Å². The standard InChI is InChI=1S/C22H25N3O2/c1-21(2,3)19-17-18-14(11-22(4,5)12-16(26)27-18)13-23-20(17)25(24-19)15-9-7-6-8-10-15/h6-10,13H,11-12H2,1-5H3. The van der Waals surface area contributed by atoms with Crippen molar-refractivity contribution in [2.24, 2.45) is 5.41 Å². The van der Waals surface area contributed by atoms with Gasteiger partial charge in [-0.1, -0.05) is 52.8 Å². The first-order chi connectivity index (χ1) is 12.7. The van der Waals surface area contributed by atoms with E-state index in [2.05, 4.69) is 34.6 Å². The molecule has 0 bridgehead atoms. The lowest BCUT2D eigenvalue weighted by atomic mass is 9.83. The number of hydrogen-bond acceptors (Lipinski definition) is 4. The maximum atomic E-state index is 12.5. The highest BCUT2D eigenvalue weighted by molar-refractivity contribution is 5.91. The molecule has 1 aromatic carbocycles. The molecule has 0 saturated heterocycles. The zero-order chi connectivity index (χ0) is 19.4. The minimum Gasteiger partial charge on any atom is -0.425 e. The van der Waals surface area contributed by atoms with Crippen LogP contribution >= 0.6 is 0 Å². The van der Waals surface area contributed by atoms with Crippen molar-refractivity contribution >= 4 is 17.0 Å². The molecule has 3 aromatic rings. The third kappa shape index (κ3) is 3.11. The van der Waals surface area contributed by atoms with Crippen molar-refractivity contribution in [3.05, 3.63) is 47.8 Å². The summed E-state index contributed by atoms with van der Waals surface area (Å²) < 4.78 is 7.71. The van der Waals surface area contributed by atoms with E-state index in [9.17, 15) is 4.79 Å². The molecule has 0 unspecified atom stereocenters. The van der Waals surface area contributed by atoms with E-state index in [4.69, 9.17) is 14.8 Å². The Kier molecular flexibility index (Phi) is 3.88. The lowest BCUT2D eigenvalue weighted by Crippen LogP contribution is -2.19. The highest BCUT2D eigenvalue weighted by Crippen LogP contribution is 2.42. The minimum absolute atomic E-state index is 0.158. The first kappa shape index (κ1) is 17.7. The number of aromatic nitrogens is 3. The third-order valence-corrected chi connectivity index (χ3v) is 4.94. The molecule has 0 spiro atoms. The number of carbonyl (C=O) groups excluding carboxylic acids is 1. The van der Waals surface area contributed by atoms with E-state index in [1.807, 2.05) is 41.2 Å². The van der Waals surface area contributed by atoms with E-state index >= 15 is 0 Å². The molecule has 5 heteroatoms. The summed E-state index contributed by atoms with van der Waals surface area (Å²) in [5.74, 6) is 0.432. The summed E-state index contributed by atoms with van der Waals surface area (Å²) in [5, 5.41) is 5.74. The van der Waals surface area contributed by atoms with Crippen LogP contribution in [0.5, 0.6) is 5.75 Å². The number of pyridine rings is 1. The van der Waals surface area contributed by atoms with Crippen LogP contribution in [0.4, 0.5) is 0 Å². The zero-order valence-corrected chi connectivity index (χ0v) is 16.5. The minimum atomic E-state index is -0.219. The molecule has 0 radical (unpaired) electrons. The summed E-state index contributed by atoms with van der Waals surface area (Å²) in [5.41, 5.74) is 3.14. The molecule has 140 valence electrons. The Morgan fingerprint density at radius 2 is 1.81 bits per heavy atom. The van der Waals surface area contributed by atoms with Gasteiger partial charge in [-0.3, -0.25) is 4.79 Å². The molecule has 1 aliphatic heterocycles. The number of carbonyl (C=O) groups is 1. The summed E-state index contributed by atoms with van der Waals surface area (Å²) >= 11 is 0. The fraction of sp³-hybridized carbons (Fsp3) is 0.409. The second-order valence-corrected chi connectivity index (χ2v) is 9.15. The van der Waals surface area contributed by atoms with Crippen LogP contribution in [0.2, 0.25) is 0 Å². The molecule has 27 heavy (non-hydrogen) atoms. The number of benzene rings is 1. The van der Waals surface area contributed by atoms with Crippen molar-refractivity contribution in [2.75, 3.05) is 0 Å². The fourth-order valence-electron chi connectivity index (χ4n) is 3.73. The lowest BCUT2D eigenvalue weighted by molar-refractivity contribution is -0.135. The van der Waals surface area contributed by atoms with Gasteiger partial charge in [0.05, 0.1) is 23.2 Å². The van der Waals surface area contributed by atoms with Gasteiger partial charge in [0, 0.05) is 17.2 Å². The Balaban J connectivity index is 2.05. The lowest BCUT2D eigenvalue weighted by Gasteiger charge is -2.19. The van der Waals surface area contributed by atoms with Gasteiger partial charge in [-0.15, -0.1) is 0 Å². The average Bonchev–Trinajstić information content (AvgIpc) is 2.91. The van der Waals surface area contributed by atoms with Crippen molar-refractivity contribution in [1.29, 1.82) is 0 Å². The molecule has 0 amide bonds. The van der Waals surface area contributed by atoms with Gasteiger partial charge in [-0.25, -0.2) is 9.67 Å². The van der Waals surface area contributed by atoms with Crippen molar-refractivity contribution in [1.82, 2.24) is 14.8 Å². The highest BCUT2D eigenvalue weighted by Gasteiger charge is 2.34. The summed E-state index contributed by atoms with van der Waals surface area (Å²) in [6, 6.07) is 9.93. The Labute approximate surface area is 159 Å². The van der Waals surface area contributed by atoms with Gasteiger partial charge in [-0.05, 0) is 24.0 Å². The van der Waals surface area contributed by atoms with Crippen molar-refractivity contribution in [3.63, 3.8) is 0 Å². The van der Waals surface area contributed by atoms with Gasteiger partial charge in [0.2, 0.25) is 0 Å². The summed E-state index contributed by atoms with van der Waals surface area (Å²) in [7, 11) is 0. The van der Waals surface area contributed by atoms with Crippen LogP contribution in [0.3, 0.4) is 0 Å². The second-order valence-electron chi connectivity index (χ2n) is 9.15. The summed E-state index contributed by atoms with van der Waals surface area (Å²) in [6.07, 6.45) is 2.98. The Hall–Kier alpha value is -2.69. The third-order valence-electron chi connectivity index (χ3n) is 4.94. The molecule has 5 nitrogen and oxygen atoms in total. The van der Waals surface area contributed by atoms with Crippen molar-refractivity contribution in [3.8, 4) is 11.4 Å². The van der Waals surface area contributed by atoms with E-state index < -0.39 is 0 Å².